The van der Waals surface area contributed by atoms with Crippen LogP contribution in [0.25, 0.3) is 11.1 Å². The van der Waals surface area contributed by atoms with Crippen LogP contribution in [-0.2, 0) is 6.18 Å². The molecule has 0 radical (unpaired) electrons. The average Bonchev–Trinajstić information content (AvgIpc) is 2.62. The number of benzene rings is 1. The third-order valence-electron chi connectivity index (χ3n) is 3.95. The molecular formula is C19H11ClF5N3O. The molecular weight excluding hydrogens is 417 g/mol. The van der Waals surface area contributed by atoms with Gasteiger partial charge in [0, 0.05) is 17.8 Å². The van der Waals surface area contributed by atoms with Crippen LogP contribution < -0.4 is 5.32 Å². The van der Waals surface area contributed by atoms with Crippen LogP contribution in [-0.4, -0.2) is 15.9 Å². The first-order valence-electron chi connectivity index (χ1n) is 8.03. The zero-order valence-electron chi connectivity index (χ0n) is 14.6. The van der Waals surface area contributed by atoms with Gasteiger partial charge in [-0.2, -0.15) is 17.6 Å². The van der Waals surface area contributed by atoms with Crippen LogP contribution in [0.2, 0.25) is 5.15 Å². The molecule has 1 N–H and O–H groups in total. The lowest BCUT2D eigenvalue weighted by Crippen LogP contribution is -2.16. The number of anilines is 1. The highest BCUT2D eigenvalue weighted by Gasteiger charge is 2.33. The van der Waals surface area contributed by atoms with Crippen molar-refractivity contribution in [2.45, 2.75) is 13.1 Å². The molecule has 0 atom stereocenters. The molecule has 0 saturated heterocycles. The largest absolute Gasteiger partial charge is 0.433 e. The maximum absolute atomic E-state index is 14.3. The molecule has 0 aliphatic rings. The van der Waals surface area contributed by atoms with Crippen molar-refractivity contribution < 1.29 is 26.7 Å². The normalized spacial score (nSPS) is 11.4. The van der Waals surface area contributed by atoms with Crippen LogP contribution in [0.15, 0.2) is 42.6 Å². The summed E-state index contributed by atoms with van der Waals surface area (Å²) in [6.45, 7) is 1.56. The van der Waals surface area contributed by atoms with Gasteiger partial charge in [-0.1, -0.05) is 11.6 Å². The Morgan fingerprint density at radius 1 is 1.10 bits per heavy atom. The van der Waals surface area contributed by atoms with Crippen molar-refractivity contribution in [1.29, 1.82) is 0 Å². The van der Waals surface area contributed by atoms with E-state index in [1.54, 1.807) is 6.92 Å². The summed E-state index contributed by atoms with van der Waals surface area (Å²) in [4.78, 5) is 18.9. The summed E-state index contributed by atoms with van der Waals surface area (Å²) in [5.41, 5.74) is -0.835. The number of alkyl halides is 3. The molecule has 150 valence electrons. The molecule has 3 aromatic rings. The minimum Gasteiger partial charge on any atom is -0.319 e. The van der Waals surface area contributed by atoms with Gasteiger partial charge in [-0.15, -0.1) is 0 Å². The summed E-state index contributed by atoms with van der Waals surface area (Å²) in [6.07, 6.45) is -3.90. The second kappa shape index (κ2) is 7.75. The molecule has 2 aromatic heterocycles. The third-order valence-corrected chi connectivity index (χ3v) is 4.14. The lowest BCUT2D eigenvalue weighted by atomic mass is 10.0. The second-order valence-corrected chi connectivity index (χ2v) is 6.42. The van der Waals surface area contributed by atoms with Gasteiger partial charge >= 0.3 is 6.18 Å². The van der Waals surface area contributed by atoms with Crippen LogP contribution in [0, 0.1) is 18.7 Å². The van der Waals surface area contributed by atoms with Gasteiger partial charge in [0.2, 0.25) is 5.95 Å². The Morgan fingerprint density at radius 3 is 2.48 bits per heavy atom. The van der Waals surface area contributed by atoms with E-state index in [-0.39, 0.29) is 16.4 Å². The summed E-state index contributed by atoms with van der Waals surface area (Å²) in [5, 5.41) is 2.10. The topological polar surface area (TPSA) is 54.9 Å². The van der Waals surface area contributed by atoms with E-state index >= 15 is 0 Å². The third kappa shape index (κ3) is 4.68. The van der Waals surface area contributed by atoms with Gasteiger partial charge in [0.05, 0.1) is 5.69 Å². The molecule has 2 heterocycles. The summed E-state index contributed by atoms with van der Waals surface area (Å²) < 4.78 is 66.2. The van der Waals surface area contributed by atoms with Gasteiger partial charge in [0.1, 0.15) is 16.7 Å². The van der Waals surface area contributed by atoms with Crippen LogP contribution in [0.1, 0.15) is 21.6 Å². The van der Waals surface area contributed by atoms with Crippen molar-refractivity contribution in [2.24, 2.45) is 0 Å². The number of hydrogen-bond acceptors (Lipinski definition) is 3. The lowest BCUT2D eigenvalue weighted by molar-refractivity contribution is -0.141. The van der Waals surface area contributed by atoms with Crippen molar-refractivity contribution in [1.82, 2.24) is 9.97 Å². The Kier molecular flexibility index (Phi) is 5.52. The molecule has 0 fully saturated rings. The summed E-state index contributed by atoms with van der Waals surface area (Å²) >= 11 is 5.75. The highest BCUT2D eigenvalue weighted by molar-refractivity contribution is 6.29. The van der Waals surface area contributed by atoms with Crippen molar-refractivity contribution in [3.8, 4) is 11.1 Å². The van der Waals surface area contributed by atoms with E-state index in [9.17, 15) is 26.7 Å². The van der Waals surface area contributed by atoms with Crippen LogP contribution in [0.5, 0.6) is 0 Å². The first-order valence-corrected chi connectivity index (χ1v) is 8.40. The van der Waals surface area contributed by atoms with Crippen molar-refractivity contribution in [2.75, 3.05) is 5.32 Å². The van der Waals surface area contributed by atoms with E-state index in [4.69, 9.17) is 11.6 Å². The Bertz CT molecular complexity index is 1080. The molecule has 0 bridgehead atoms. The second-order valence-electron chi connectivity index (χ2n) is 6.03. The minimum absolute atomic E-state index is 0.120. The maximum Gasteiger partial charge on any atom is 0.433 e. The molecule has 3 rings (SSSR count). The Hall–Kier alpha value is -3.07. The SMILES string of the molecule is Cc1cc(F)c(NC(=O)c2ccnc(C(F)(F)F)c2)cc1-c1cc(F)nc(Cl)c1. The van der Waals surface area contributed by atoms with E-state index in [2.05, 4.69) is 15.3 Å². The van der Waals surface area contributed by atoms with Gasteiger partial charge in [-0.05, 0) is 53.9 Å². The number of halogens is 6. The molecule has 29 heavy (non-hydrogen) atoms. The molecule has 0 unspecified atom stereocenters. The van der Waals surface area contributed by atoms with E-state index < -0.39 is 29.5 Å². The molecule has 10 heteroatoms. The minimum atomic E-state index is -4.73. The summed E-state index contributed by atoms with van der Waals surface area (Å²) in [6, 6.07) is 6.39. The molecule has 0 spiro atoms. The Balaban J connectivity index is 1.97. The zero-order chi connectivity index (χ0) is 21.3. The summed E-state index contributed by atoms with van der Waals surface area (Å²) in [7, 11) is 0. The average molecular weight is 428 g/mol. The number of pyridine rings is 2. The molecule has 4 nitrogen and oxygen atoms in total. The maximum atomic E-state index is 14.3. The smallest absolute Gasteiger partial charge is 0.319 e. The van der Waals surface area contributed by atoms with Crippen molar-refractivity contribution in [3.63, 3.8) is 0 Å². The number of nitrogens with one attached hydrogen (secondary N) is 1. The van der Waals surface area contributed by atoms with Crippen molar-refractivity contribution in [3.05, 3.63) is 76.3 Å². The quantitative estimate of drug-likeness (QED) is 0.434. The monoisotopic (exact) mass is 427 g/mol. The molecule has 0 saturated carbocycles. The zero-order valence-corrected chi connectivity index (χ0v) is 15.4. The number of hydrogen-bond donors (Lipinski definition) is 1. The Morgan fingerprint density at radius 2 is 1.83 bits per heavy atom. The number of aromatic nitrogens is 2. The first kappa shape index (κ1) is 20.7. The fourth-order valence-electron chi connectivity index (χ4n) is 2.62. The van der Waals surface area contributed by atoms with E-state index in [0.717, 1.165) is 24.4 Å². The van der Waals surface area contributed by atoms with Crippen LogP contribution >= 0.6 is 11.6 Å². The fraction of sp³-hybridized carbons (Fsp3) is 0.105. The summed E-state index contributed by atoms with van der Waals surface area (Å²) in [5.74, 6) is -2.63. The molecule has 1 amide bonds. The van der Waals surface area contributed by atoms with E-state index in [1.807, 2.05) is 0 Å². The number of nitrogens with zero attached hydrogens (tertiary/aromatic N) is 2. The predicted molar refractivity (Wildman–Crippen MR) is 96.5 cm³/mol. The fourth-order valence-corrected chi connectivity index (χ4v) is 2.82. The van der Waals surface area contributed by atoms with E-state index in [0.29, 0.717) is 22.8 Å². The first-order chi connectivity index (χ1) is 13.5. The van der Waals surface area contributed by atoms with Crippen LogP contribution in [0.3, 0.4) is 0 Å². The number of rotatable bonds is 3. The molecule has 1 aromatic carbocycles. The highest BCUT2D eigenvalue weighted by atomic mass is 35.5. The number of carbonyl (C=O) groups is 1. The predicted octanol–water partition coefficient (Wildman–Crippen LogP) is 5.65. The highest BCUT2D eigenvalue weighted by Crippen LogP contribution is 2.31. The lowest BCUT2D eigenvalue weighted by Gasteiger charge is -2.13. The van der Waals surface area contributed by atoms with Gasteiger partial charge < -0.3 is 5.32 Å². The van der Waals surface area contributed by atoms with Gasteiger partial charge in [0.25, 0.3) is 5.91 Å². The standard InChI is InChI=1S/C19H11ClF5N3O/c1-9-4-13(21)14(8-12(9)11-6-16(20)28-17(22)7-11)27-18(29)10-2-3-26-15(5-10)19(23,24)25/h2-8H,1H3,(H,27,29). The number of aryl methyl sites for hydroxylation is 1. The number of carbonyl (C=O) groups excluding carboxylic acids is 1. The van der Waals surface area contributed by atoms with E-state index in [1.165, 1.54) is 12.1 Å². The van der Waals surface area contributed by atoms with Crippen molar-refractivity contribution >= 4 is 23.2 Å². The van der Waals surface area contributed by atoms with Crippen LogP contribution in [0.4, 0.5) is 27.6 Å². The van der Waals surface area contributed by atoms with Gasteiger partial charge in [0.15, 0.2) is 0 Å². The Labute approximate surface area is 166 Å². The molecule has 0 aliphatic heterocycles. The van der Waals surface area contributed by atoms with Gasteiger partial charge in [-0.25, -0.2) is 9.37 Å². The number of amides is 1. The molecule has 0 aliphatic carbocycles. The van der Waals surface area contributed by atoms with Gasteiger partial charge in [-0.3, -0.25) is 9.78 Å².